The molecular formula is C54H36N6. The molecule has 0 spiro atoms. The van der Waals surface area contributed by atoms with Gasteiger partial charge in [-0.25, -0.2) is 15.0 Å². The van der Waals surface area contributed by atoms with Crippen LogP contribution in [0.4, 0.5) is 0 Å². The molecule has 0 bridgehead atoms. The van der Waals surface area contributed by atoms with Gasteiger partial charge < -0.3 is 0 Å². The van der Waals surface area contributed by atoms with E-state index in [4.69, 9.17) is 15.0 Å². The summed E-state index contributed by atoms with van der Waals surface area (Å²) in [4.78, 5) is 28.9. The minimum absolute atomic E-state index is 0.600. The van der Waals surface area contributed by atoms with Gasteiger partial charge in [-0.15, -0.1) is 0 Å². The zero-order chi connectivity index (χ0) is 40.1. The Morgan fingerprint density at radius 2 is 0.467 bits per heavy atom. The van der Waals surface area contributed by atoms with Crippen LogP contribution in [0, 0.1) is 0 Å². The Balaban J connectivity index is 0.997. The predicted octanol–water partition coefficient (Wildman–Crippen LogP) is 13.1. The molecule has 282 valence electrons. The minimum Gasteiger partial charge on any atom is -0.256 e. The minimum atomic E-state index is 0.600. The van der Waals surface area contributed by atoms with Gasteiger partial charge in [0.1, 0.15) is 0 Å². The molecular weight excluding hydrogens is 733 g/mol. The normalized spacial score (nSPS) is 11.0. The first kappa shape index (κ1) is 36.1. The van der Waals surface area contributed by atoms with E-state index in [1.165, 1.54) is 0 Å². The summed E-state index contributed by atoms with van der Waals surface area (Å²) in [6.45, 7) is 0. The van der Waals surface area contributed by atoms with Gasteiger partial charge in [-0.3, -0.25) is 15.0 Å². The Kier molecular flexibility index (Phi) is 9.84. The molecule has 0 aliphatic rings. The topological polar surface area (TPSA) is 77.3 Å². The van der Waals surface area contributed by atoms with Crippen molar-refractivity contribution >= 4 is 0 Å². The van der Waals surface area contributed by atoms with Crippen LogP contribution in [0.2, 0.25) is 0 Å². The smallest absolute Gasteiger partial charge is 0.164 e. The average molecular weight is 769 g/mol. The molecule has 0 aliphatic heterocycles. The number of rotatable bonds is 9. The molecule has 10 aromatic rings. The summed E-state index contributed by atoms with van der Waals surface area (Å²) < 4.78 is 0. The molecule has 0 saturated heterocycles. The molecule has 0 saturated carbocycles. The molecule has 6 heteroatoms. The third kappa shape index (κ3) is 7.73. The van der Waals surface area contributed by atoms with Gasteiger partial charge in [-0.05, 0) is 88.0 Å². The Labute approximate surface area is 348 Å². The molecule has 0 fully saturated rings. The Morgan fingerprint density at radius 3 is 0.733 bits per heavy atom. The van der Waals surface area contributed by atoms with Gasteiger partial charge in [-0.2, -0.15) is 0 Å². The Hall–Kier alpha value is -8.22. The van der Waals surface area contributed by atoms with Crippen LogP contribution < -0.4 is 0 Å². The van der Waals surface area contributed by atoms with Crippen LogP contribution in [0.5, 0.6) is 0 Å². The lowest BCUT2D eigenvalue weighted by Gasteiger charge is -2.11. The fourth-order valence-electron chi connectivity index (χ4n) is 7.37. The van der Waals surface area contributed by atoms with Crippen molar-refractivity contribution in [2.75, 3.05) is 0 Å². The third-order valence-electron chi connectivity index (χ3n) is 10.5. The first-order chi connectivity index (χ1) is 29.7. The maximum atomic E-state index is 5.07. The molecule has 0 N–H and O–H groups in total. The number of benzene rings is 6. The number of pyridine rings is 3. The van der Waals surface area contributed by atoms with Crippen molar-refractivity contribution in [2.45, 2.75) is 0 Å². The SMILES string of the molecule is c1ccc(-c2cccc(-c3ccc(-c4nc(-c5ccc(-c6cccc(-c7ccccn7)c6)cc5)nc(-c5ccc(-c6cccc(-c7ccccn7)c6)cc5)n4)cc3)c2)nc1. The first-order valence-corrected chi connectivity index (χ1v) is 19.8. The van der Waals surface area contributed by atoms with Crippen molar-refractivity contribution < 1.29 is 0 Å². The highest BCUT2D eigenvalue weighted by Crippen LogP contribution is 2.32. The zero-order valence-electron chi connectivity index (χ0n) is 32.5. The van der Waals surface area contributed by atoms with Crippen LogP contribution in [-0.2, 0) is 0 Å². The molecule has 10 rings (SSSR count). The van der Waals surface area contributed by atoms with E-state index in [-0.39, 0.29) is 0 Å². The highest BCUT2D eigenvalue weighted by molar-refractivity contribution is 5.77. The summed E-state index contributed by atoms with van der Waals surface area (Å²) in [6.07, 6.45) is 5.47. The van der Waals surface area contributed by atoms with Gasteiger partial charge in [0.2, 0.25) is 0 Å². The van der Waals surface area contributed by atoms with Gasteiger partial charge >= 0.3 is 0 Å². The fraction of sp³-hybridized carbons (Fsp3) is 0. The van der Waals surface area contributed by atoms with E-state index < -0.39 is 0 Å². The van der Waals surface area contributed by atoms with Crippen LogP contribution in [-0.4, -0.2) is 29.9 Å². The monoisotopic (exact) mass is 768 g/mol. The summed E-state index contributed by atoms with van der Waals surface area (Å²) in [5.74, 6) is 1.80. The lowest BCUT2D eigenvalue weighted by molar-refractivity contribution is 1.07. The molecule has 0 aliphatic carbocycles. The van der Waals surface area contributed by atoms with Crippen LogP contribution in [0.25, 0.3) is 101 Å². The maximum absolute atomic E-state index is 5.07. The molecule has 4 heterocycles. The lowest BCUT2D eigenvalue weighted by Crippen LogP contribution is -2.00. The molecule has 0 radical (unpaired) electrons. The second kappa shape index (κ2) is 16.3. The summed E-state index contributed by atoms with van der Waals surface area (Å²) in [7, 11) is 0. The Bertz CT molecular complexity index is 2700. The number of hydrogen-bond acceptors (Lipinski definition) is 6. The number of aromatic nitrogens is 6. The van der Waals surface area contributed by atoms with Gasteiger partial charge in [0.15, 0.2) is 17.5 Å². The zero-order valence-corrected chi connectivity index (χ0v) is 32.5. The van der Waals surface area contributed by atoms with Crippen molar-refractivity contribution in [2.24, 2.45) is 0 Å². The van der Waals surface area contributed by atoms with E-state index >= 15 is 0 Å². The second-order valence-electron chi connectivity index (χ2n) is 14.4. The van der Waals surface area contributed by atoms with Crippen molar-refractivity contribution in [3.63, 3.8) is 0 Å². The van der Waals surface area contributed by atoms with E-state index in [0.29, 0.717) is 17.5 Å². The highest BCUT2D eigenvalue weighted by Gasteiger charge is 2.14. The van der Waals surface area contributed by atoms with Crippen molar-refractivity contribution in [1.82, 2.24) is 29.9 Å². The number of nitrogens with zero attached hydrogens (tertiary/aromatic N) is 6. The molecule has 0 unspecified atom stereocenters. The van der Waals surface area contributed by atoms with E-state index in [1.54, 1.807) is 0 Å². The largest absolute Gasteiger partial charge is 0.256 e. The number of hydrogen-bond donors (Lipinski definition) is 0. The van der Waals surface area contributed by atoms with Gasteiger partial charge in [-0.1, -0.05) is 146 Å². The molecule has 0 amide bonds. The van der Waals surface area contributed by atoms with Crippen LogP contribution in [0.15, 0.2) is 219 Å². The quantitative estimate of drug-likeness (QED) is 0.145. The van der Waals surface area contributed by atoms with Crippen LogP contribution in [0.3, 0.4) is 0 Å². The van der Waals surface area contributed by atoms with E-state index in [2.05, 4.69) is 161 Å². The molecule has 6 nitrogen and oxygen atoms in total. The molecule has 4 aromatic heterocycles. The fourth-order valence-corrected chi connectivity index (χ4v) is 7.37. The van der Waals surface area contributed by atoms with Crippen LogP contribution in [0.1, 0.15) is 0 Å². The molecule has 0 atom stereocenters. The summed E-state index contributed by atoms with van der Waals surface area (Å²) >= 11 is 0. The van der Waals surface area contributed by atoms with Gasteiger partial charge in [0.25, 0.3) is 0 Å². The first-order valence-electron chi connectivity index (χ1n) is 19.8. The predicted molar refractivity (Wildman–Crippen MR) is 242 cm³/mol. The Morgan fingerprint density at radius 1 is 0.200 bits per heavy atom. The van der Waals surface area contributed by atoms with Crippen molar-refractivity contribution in [3.05, 3.63) is 219 Å². The van der Waals surface area contributed by atoms with Gasteiger partial charge in [0, 0.05) is 52.0 Å². The van der Waals surface area contributed by atoms with Crippen LogP contribution >= 0.6 is 0 Å². The maximum Gasteiger partial charge on any atom is 0.164 e. The second-order valence-corrected chi connectivity index (χ2v) is 14.4. The van der Waals surface area contributed by atoms with Crippen molar-refractivity contribution in [1.29, 1.82) is 0 Å². The van der Waals surface area contributed by atoms with Gasteiger partial charge in [0.05, 0.1) is 17.1 Å². The van der Waals surface area contributed by atoms with E-state index in [9.17, 15) is 0 Å². The lowest BCUT2D eigenvalue weighted by atomic mass is 9.99. The van der Waals surface area contributed by atoms with E-state index in [0.717, 1.165) is 83.8 Å². The van der Waals surface area contributed by atoms with Crippen molar-refractivity contribution in [3.8, 4) is 101 Å². The summed E-state index contributed by atoms with van der Waals surface area (Å²) in [6, 6.07) is 68.5. The summed E-state index contributed by atoms with van der Waals surface area (Å²) in [5.41, 5.74) is 15.3. The molecule has 6 aromatic carbocycles. The average Bonchev–Trinajstić information content (AvgIpc) is 3.35. The third-order valence-corrected chi connectivity index (χ3v) is 10.5. The standard InChI is InChI=1S/C54H36N6/c1-4-31-55-49(16-1)46-13-7-10-43(34-46)37-19-25-40(26-20-37)52-58-53(41-27-21-38(22-28-41)44-11-8-14-47(35-44)50-17-2-5-32-56-50)60-54(59-52)42-29-23-39(24-30-42)45-12-9-15-48(36-45)51-18-3-6-33-57-51/h1-36H. The van der Waals surface area contributed by atoms with E-state index in [1.807, 2.05) is 73.2 Å². The molecule has 60 heavy (non-hydrogen) atoms. The summed E-state index contributed by atoms with van der Waals surface area (Å²) in [5, 5.41) is 0. The highest BCUT2D eigenvalue weighted by atomic mass is 15.0.